The number of rotatable bonds is 8. The number of aromatic nitrogens is 1. The molecule has 0 saturated heterocycles. The van der Waals surface area contributed by atoms with Gasteiger partial charge < -0.3 is 24.8 Å². The first-order valence-electron chi connectivity index (χ1n) is 10.7. The van der Waals surface area contributed by atoms with E-state index >= 15 is 0 Å². The predicted molar refractivity (Wildman–Crippen MR) is 130 cm³/mol. The first-order chi connectivity index (χ1) is 17.4. The molecule has 3 aromatic carbocycles. The van der Waals surface area contributed by atoms with Crippen LogP contribution in [0.3, 0.4) is 0 Å². The predicted octanol–water partition coefficient (Wildman–Crippen LogP) is 5.29. The Bertz CT molecular complexity index is 1430. The summed E-state index contributed by atoms with van der Waals surface area (Å²) in [6.07, 6.45) is 1.01. The molecule has 36 heavy (non-hydrogen) atoms. The largest absolute Gasteiger partial charge is 0.493 e. The molecular weight excluding hydrogens is 472 g/mol. The van der Waals surface area contributed by atoms with Gasteiger partial charge in [0.05, 0.1) is 19.7 Å². The summed E-state index contributed by atoms with van der Waals surface area (Å²) in [5.74, 6) is -1.21. The van der Waals surface area contributed by atoms with Crippen LogP contribution in [0.4, 0.5) is 20.2 Å². The molecule has 0 aliphatic carbocycles. The molecule has 0 unspecified atom stereocenters. The molecule has 2 N–H and O–H groups in total. The van der Waals surface area contributed by atoms with E-state index in [1.165, 1.54) is 56.8 Å². The number of halogens is 2. The molecule has 1 heterocycles. The fourth-order valence-corrected chi connectivity index (χ4v) is 3.41. The zero-order chi connectivity index (χ0) is 25.7. The second-order valence-electron chi connectivity index (χ2n) is 7.56. The van der Waals surface area contributed by atoms with Gasteiger partial charge in [-0.3, -0.25) is 14.6 Å². The highest BCUT2D eigenvalue weighted by atomic mass is 19.1. The number of ether oxygens (including phenoxy) is 3. The van der Waals surface area contributed by atoms with Crippen molar-refractivity contribution in [3.05, 3.63) is 78.5 Å². The lowest BCUT2D eigenvalue weighted by molar-refractivity contribution is -0.123. The minimum atomic E-state index is -0.728. The lowest BCUT2D eigenvalue weighted by Gasteiger charge is -2.13. The molecule has 0 spiro atoms. The normalized spacial score (nSPS) is 10.6. The molecule has 0 saturated carbocycles. The van der Waals surface area contributed by atoms with Crippen LogP contribution >= 0.6 is 0 Å². The van der Waals surface area contributed by atoms with Gasteiger partial charge in [0.2, 0.25) is 11.8 Å². The maximum Gasteiger partial charge on any atom is 0.233 e. The third-order valence-electron chi connectivity index (χ3n) is 5.09. The van der Waals surface area contributed by atoms with E-state index in [2.05, 4.69) is 15.6 Å². The molecule has 184 valence electrons. The number of methoxy groups -OCH3 is 2. The molecule has 0 bridgehead atoms. The Kier molecular flexibility index (Phi) is 7.24. The van der Waals surface area contributed by atoms with Crippen molar-refractivity contribution >= 4 is 34.1 Å². The van der Waals surface area contributed by atoms with Crippen molar-refractivity contribution in [2.24, 2.45) is 0 Å². The Balaban J connectivity index is 1.44. The number of pyridine rings is 1. The van der Waals surface area contributed by atoms with E-state index in [1.807, 2.05) is 0 Å². The quantitative estimate of drug-likeness (QED) is 0.324. The molecule has 0 aliphatic rings. The van der Waals surface area contributed by atoms with Crippen LogP contribution < -0.4 is 24.8 Å². The summed E-state index contributed by atoms with van der Waals surface area (Å²) in [5.41, 5.74) is 1.06. The summed E-state index contributed by atoms with van der Waals surface area (Å²) < 4.78 is 44.1. The van der Waals surface area contributed by atoms with E-state index in [1.54, 1.807) is 18.2 Å². The van der Waals surface area contributed by atoms with Gasteiger partial charge in [-0.05, 0) is 48.5 Å². The van der Waals surface area contributed by atoms with E-state index in [9.17, 15) is 18.4 Å². The van der Waals surface area contributed by atoms with Crippen molar-refractivity contribution < 1.29 is 32.6 Å². The Hall–Kier alpha value is -4.73. The summed E-state index contributed by atoms with van der Waals surface area (Å²) >= 11 is 0. The molecule has 0 atom stereocenters. The molecule has 4 rings (SSSR count). The lowest BCUT2D eigenvalue weighted by atomic mass is 10.2. The highest BCUT2D eigenvalue weighted by molar-refractivity contribution is 6.08. The van der Waals surface area contributed by atoms with Gasteiger partial charge in [-0.25, -0.2) is 8.78 Å². The van der Waals surface area contributed by atoms with E-state index < -0.39 is 29.9 Å². The minimum absolute atomic E-state index is 0.0793. The lowest BCUT2D eigenvalue weighted by Crippen LogP contribution is -2.21. The second kappa shape index (κ2) is 10.7. The molecule has 8 nitrogen and oxygen atoms in total. The first kappa shape index (κ1) is 24.4. The van der Waals surface area contributed by atoms with Crippen molar-refractivity contribution in [3.63, 3.8) is 0 Å². The van der Waals surface area contributed by atoms with Crippen molar-refractivity contribution in [2.45, 2.75) is 6.42 Å². The number of nitrogens with one attached hydrogen (secondary N) is 2. The minimum Gasteiger partial charge on any atom is -0.493 e. The van der Waals surface area contributed by atoms with Crippen LogP contribution in [0.1, 0.15) is 6.42 Å². The maximum absolute atomic E-state index is 14.8. The van der Waals surface area contributed by atoms with Crippen molar-refractivity contribution in [1.29, 1.82) is 0 Å². The monoisotopic (exact) mass is 493 g/mol. The van der Waals surface area contributed by atoms with Gasteiger partial charge >= 0.3 is 0 Å². The SMILES string of the molecule is COc1cc2nccc(Oc3ccc(NC(=O)CC(=O)Nc4ccc(F)cc4)cc3F)c2cc1OC. The zero-order valence-electron chi connectivity index (χ0n) is 19.3. The van der Waals surface area contributed by atoms with Crippen LogP contribution in [0.25, 0.3) is 10.9 Å². The number of carbonyl (C=O) groups is 2. The summed E-state index contributed by atoms with van der Waals surface area (Å²) in [6.45, 7) is 0. The summed E-state index contributed by atoms with van der Waals surface area (Å²) in [5, 5.41) is 5.52. The number of fused-ring (bicyclic) bond motifs is 1. The summed E-state index contributed by atoms with van der Waals surface area (Å²) in [7, 11) is 3.01. The van der Waals surface area contributed by atoms with E-state index in [0.29, 0.717) is 33.8 Å². The van der Waals surface area contributed by atoms with Crippen LogP contribution in [0.2, 0.25) is 0 Å². The van der Waals surface area contributed by atoms with Crippen molar-refractivity contribution in [2.75, 3.05) is 24.9 Å². The molecule has 10 heteroatoms. The fraction of sp³-hybridized carbons (Fsp3) is 0.115. The number of amides is 2. The smallest absolute Gasteiger partial charge is 0.233 e. The van der Waals surface area contributed by atoms with Crippen LogP contribution in [0.5, 0.6) is 23.0 Å². The fourth-order valence-electron chi connectivity index (χ4n) is 3.41. The Morgan fingerprint density at radius 1 is 0.778 bits per heavy atom. The average molecular weight is 493 g/mol. The standard InChI is InChI=1S/C26H21F2N3O5/c1-34-23-12-18-20(13-24(23)35-2)29-10-9-21(18)36-22-8-7-17(11-19(22)28)31-26(33)14-25(32)30-16-5-3-15(27)4-6-16/h3-13H,14H2,1-2H3,(H,30,32)(H,31,33). The molecule has 2 amide bonds. The van der Waals surface area contributed by atoms with Crippen LogP contribution in [0, 0.1) is 11.6 Å². The molecule has 4 aromatic rings. The van der Waals surface area contributed by atoms with Crippen LogP contribution in [0.15, 0.2) is 66.9 Å². The Morgan fingerprint density at radius 2 is 1.42 bits per heavy atom. The average Bonchev–Trinajstić information content (AvgIpc) is 2.86. The molecule has 0 radical (unpaired) electrons. The molecule has 0 fully saturated rings. The second-order valence-corrected chi connectivity index (χ2v) is 7.56. The van der Waals surface area contributed by atoms with Crippen LogP contribution in [-0.4, -0.2) is 31.0 Å². The third-order valence-corrected chi connectivity index (χ3v) is 5.09. The highest BCUT2D eigenvalue weighted by Gasteiger charge is 2.15. The molecular formula is C26H21F2N3O5. The van der Waals surface area contributed by atoms with Crippen molar-refractivity contribution in [3.8, 4) is 23.0 Å². The zero-order valence-corrected chi connectivity index (χ0v) is 19.3. The number of nitrogens with zero attached hydrogens (tertiary/aromatic N) is 1. The van der Waals surface area contributed by atoms with E-state index in [4.69, 9.17) is 14.2 Å². The summed E-state index contributed by atoms with van der Waals surface area (Å²) in [4.78, 5) is 28.5. The van der Waals surface area contributed by atoms with Crippen molar-refractivity contribution in [1.82, 2.24) is 4.98 Å². The highest BCUT2D eigenvalue weighted by Crippen LogP contribution is 2.37. The molecule has 1 aromatic heterocycles. The maximum atomic E-state index is 14.8. The van der Waals surface area contributed by atoms with Gasteiger partial charge in [0.15, 0.2) is 23.1 Å². The van der Waals surface area contributed by atoms with Gasteiger partial charge in [0.25, 0.3) is 0 Å². The number of carbonyl (C=O) groups excluding carboxylic acids is 2. The number of hydrogen-bond donors (Lipinski definition) is 2. The Labute approximate surface area is 204 Å². The van der Waals surface area contributed by atoms with Gasteiger partial charge in [0, 0.05) is 35.1 Å². The van der Waals surface area contributed by atoms with E-state index in [0.717, 1.165) is 6.07 Å². The number of anilines is 2. The van der Waals surface area contributed by atoms with Gasteiger partial charge in [0.1, 0.15) is 18.0 Å². The van der Waals surface area contributed by atoms with Gasteiger partial charge in [-0.2, -0.15) is 0 Å². The first-order valence-corrected chi connectivity index (χ1v) is 10.7. The number of hydrogen-bond acceptors (Lipinski definition) is 6. The van der Waals surface area contributed by atoms with Crippen LogP contribution in [-0.2, 0) is 9.59 Å². The number of benzene rings is 3. The summed E-state index contributed by atoms with van der Waals surface area (Å²) in [6, 6.07) is 13.9. The van der Waals surface area contributed by atoms with Gasteiger partial charge in [-0.15, -0.1) is 0 Å². The Morgan fingerprint density at radius 3 is 2.08 bits per heavy atom. The topological polar surface area (TPSA) is 98.8 Å². The van der Waals surface area contributed by atoms with E-state index in [-0.39, 0.29) is 11.4 Å². The van der Waals surface area contributed by atoms with Gasteiger partial charge in [-0.1, -0.05) is 0 Å². The third kappa shape index (κ3) is 5.66. The molecule has 0 aliphatic heterocycles.